The van der Waals surface area contributed by atoms with E-state index in [-0.39, 0.29) is 18.0 Å². The second kappa shape index (κ2) is 8.08. The summed E-state index contributed by atoms with van der Waals surface area (Å²) in [5, 5.41) is 5.11. The fraction of sp³-hybridized carbons (Fsp3) is 0.190. The van der Waals surface area contributed by atoms with E-state index in [9.17, 15) is 9.18 Å². The van der Waals surface area contributed by atoms with Crippen LogP contribution in [0.15, 0.2) is 69.6 Å². The zero-order valence-corrected chi connectivity index (χ0v) is 16.8. The van der Waals surface area contributed by atoms with E-state index in [1.165, 1.54) is 45.7 Å². The summed E-state index contributed by atoms with van der Waals surface area (Å²) in [5.41, 5.74) is 2.00. The fourth-order valence-corrected chi connectivity index (χ4v) is 4.12. The number of hydrogen-bond acceptors (Lipinski definition) is 5. The van der Waals surface area contributed by atoms with E-state index in [1.807, 2.05) is 18.2 Å². The molecule has 0 fully saturated rings. The first kappa shape index (κ1) is 19.2. The van der Waals surface area contributed by atoms with Crippen molar-refractivity contribution < 1.29 is 9.13 Å². The zero-order chi connectivity index (χ0) is 20.4. The van der Waals surface area contributed by atoms with Gasteiger partial charge in [0.25, 0.3) is 0 Å². The van der Waals surface area contributed by atoms with Gasteiger partial charge in [-0.2, -0.15) is 0 Å². The summed E-state index contributed by atoms with van der Waals surface area (Å²) in [5.74, 6) is -0.315. The lowest BCUT2D eigenvalue weighted by atomic mass is 10.2. The second-order valence-corrected chi connectivity index (χ2v) is 7.43. The molecule has 4 rings (SSSR count). The quantitative estimate of drug-likeness (QED) is 0.484. The SMILES string of the molecule is CCc1ccccc1Sc1nccn2c(=O)n(Cc3ccc(OC)c(F)c3)nc12. The second-order valence-electron chi connectivity index (χ2n) is 6.40. The van der Waals surface area contributed by atoms with E-state index in [4.69, 9.17) is 4.74 Å². The summed E-state index contributed by atoms with van der Waals surface area (Å²) in [4.78, 5) is 18.3. The van der Waals surface area contributed by atoms with Crippen LogP contribution in [0, 0.1) is 5.82 Å². The molecule has 8 heteroatoms. The number of fused-ring (bicyclic) bond motifs is 1. The molecule has 4 aromatic rings. The van der Waals surface area contributed by atoms with Crippen molar-refractivity contribution in [2.45, 2.75) is 29.8 Å². The summed E-state index contributed by atoms with van der Waals surface area (Å²) in [6, 6.07) is 12.7. The van der Waals surface area contributed by atoms with Crippen LogP contribution in [-0.4, -0.2) is 26.3 Å². The maximum atomic E-state index is 14.0. The molecular weight excluding hydrogens is 391 g/mol. The van der Waals surface area contributed by atoms with E-state index >= 15 is 0 Å². The van der Waals surface area contributed by atoms with E-state index in [0.29, 0.717) is 16.2 Å². The Morgan fingerprint density at radius 1 is 1.21 bits per heavy atom. The predicted molar refractivity (Wildman–Crippen MR) is 109 cm³/mol. The molecule has 2 aromatic carbocycles. The molecule has 0 N–H and O–H groups in total. The van der Waals surface area contributed by atoms with Crippen molar-refractivity contribution in [2.24, 2.45) is 0 Å². The third-order valence-electron chi connectivity index (χ3n) is 4.58. The Morgan fingerprint density at radius 2 is 2.03 bits per heavy atom. The van der Waals surface area contributed by atoms with Crippen molar-refractivity contribution in [3.05, 3.63) is 82.3 Å². The van der Waals surface area contributed by atoms with Crippen LogP contribution >= 0.6 is 11.8 Å². The Morgan fingerprint density at radius 3 is 2.79 bits per heavy atom. The molecule has 0 unspecified atom stereocenters. The third-order valence-corrected chi connectivity index (χ3v) is 5.68. The van der Waals surface area contributed by atoms with Crippen LogP contribution in [0.1, 0.15) is 18.1 Å². The van der Waals surface area contributed by atoms with Gasteiger partial charge in [-0.3, -0.25) is 0 Å². The topological polar surface area (TPSA) is 61.4 Å². The molecule has 0 saturated carbocycles. The average molecular weight is 410 g/mol. The van der Waals surface area contributed by atoms with Crippen molar-refractivity contribution in [1.82, 2.24) is 19.2 Å². The Balaban J connectivity index is 1.71. The van der Waals surface area contributed by atoms with Gasteiger partial charge in [-0.05, 0) is 35.7 Å². The molecule has 0 aliphatic carbocycles. The number of halogens is 1. The lowest BCUT2D eigenvalue weighted by Gasteiger charge is -2.06. The molecular formula is C21H19FN4O2S. The van der Waals surface area contributed by atoms with Crippen LogP contribution in [0.4, 0.5) is 4.39 Å². The number of aryl methyl sites for hydroxylation is 1. The molecule has 2 aromatic heterocycles. The number of benzene rings is 2. The highest BCUT2D eigenvalue weighted by Crippen LogP contribution is 2.31. The smallest absolute Gasteiger partial charge is 0.350 e. The van der Waals surface area contributed by atoms with Crippen LogP contribution in [-0.2, 0) is 13.0 Å². The number of methoxy groups -OCH3 is 1. The minimum Gasteiger partial charge on any atom is -0.494 e. The van der Waals surface area contributed by atoms with Gasteiger partial charge in [0.2, 0.25) is 0 Å². The first-order valence-corrected chi connectivity index (χ1v) is 9.94. The molecule has 0 amide bonds. The normalized spacial score (nSPS) is 11.1. The van der Waals surface area contributed by atoms with Crippen LogP contribution in [0.3, 0.4) is 0 Å². The number of aromatic nitrogens is 4. The Bertz CT molecular complexity index is 1240. The summed E-state index contributed by atoms with van der Waals surface area (Å²) >= 11 is 1.48. The fourth-order valence-electron chi connectivity index (χ4n) is 3.08. The van der Waals surface area contributed by atoms with Gasteiger partial charge in [-0.1, -0.05) is 43.0 Å². The summed E-state index contributed by atoms with van der Waals surface area (Å²) in [7, 11) is 1.41. The Hall–Kier alpha value is -3.13. The number of rotatable bonds is 6. The molecule has 2 heterocycles. The van der Waals surface area contributed by atoms with Gasteiger partial charge in [0.15, 0.2) is 17.2 Å². The summed E-state index contributed by atoms with van der Waals surface area (Å²) < 4.78 is 21.7. The van der Waals surface area contributed by atoms with Gasteiger partial charge in [0.05, 0.1) is 13.7 Å². The zero-order valence-electron chi connectivity index (χ0n) is 16.0. The molecule has 0 bridgehead atoms. The Kier molecular flexibility index (Phi) is 5.35. The van der Waals surface area contributed by atoms with Gasteiger partial charge < -0.3 is 4.74 Å². The van der Waals surface area contributed by atoms with Crippen molar-refractivity contribution >= 4 is 17.4 Å². The van der Waals surface area contributed by atoms with E-state index in [0.717, 1.165) is 11.3 Å². The van der Waals surface area contributed by atoms with E-state index < -0.39 is 5.82 Å². The molecule has 0 aliphatic heterocycles. The number of nitrogens with zero attached hydrogens (tertiary/aromatic N) is 4. The van der Waals surface area contributed by atoms with Crippen LogP contribution < -0.4 is 10.4 Å². The highest BCUT2D eigenvalue weighted by molar-refractivity contribution is 7.99. The van der Waals surface area contributed by atoms with Gasteiger partial charge in [-0.25, -0.2) is 23.3 Å². The summed E-state index contributed by atoms with van der Waals surface area (Å²) in [6.45, 7) is 2.25. The van der Waals surface area contributed by atoms with Crippen LogP contribution in [0.5, 0.6) is 5.75 Å². The van der Waals surface area contributed by atoms with Gasteiger partial charge in [0, 0.05) is 17.3 Å². The van der Waals surface area contributed by atoms with Crippen LogP contribution in [0.2, 0.25) is 0 Å². The Labute approximate surface area is 171 Å². The molecule has 6 nitrogen and oxygen atoms in total. The molecule has 0 saturated heterocycles. The highest BCUT2D eigenvalue weighted by atomic mass is 32.2. The third kappa shape index (κ3) is 3.75. The molecule has 0 aliphatic rings. The minimum atomic E-state index is -0.476. The van der Waals surface area contributed by atoms with Gasteiger partial charge >= 0.3 is 5.69 Å². The molecule has 0 radical (unpaired) electrons. The van der Waals surface area contributed by atoms with Gasteiger partial charge in [-0.15, -0.1) is 5.10 Å². The lowest BCUT2D eigenvalue weighted by Crippen LogP contribution is -2.21. The average Bonchev–Trinajstić information content (AvgIpc) is 3.05. The lowest BCUT2D eigenvalue weighted by molar-refractivity contribution is 0.386. The largest absolute Gasteiger partial charge is 0.494 e. The molecule has 0 spiro atoms. The van der Waals surface area contributed by atoms with Crippen molar-refractivity contribution in [3.8, 4) is 5.75 Å². The van der Waals surface area contributed by atoms with E-state index in [1.54, 1.807) is 18.5 Å². The number of hydrogen-bond donors (Lipinski definition) is 0. The highest BCUT2D eigenvalue weighted by Gasteiger charge is 2.15. The first-order valence-electron chi connectivity index (χ1n) is 9.13. The van der Waals surface area contributed by atoms with Crippen LogP contribution in [0.25, 0.3) is 5.65 Å². The number of ether oxygens (including phenoxy) is 1. The first-order chi connectivity index (χ1) is 14.1. The van der Waals surface area contributed by atoms with Gasteiger partial charge in [0.1, 0.15) is 5.03 Å². The van der Waals surface area contributed by atoms with E-state index in [2.05, 4.69) is 23.1 Å². The monoisotopic (exact) mass is 410 g/mol. The summed E-state index contributed by atoms with van der Waals surface area (Å²) in [6.07, 6.45) is 4.08. The van der Waals surface area contributed by atoms with Crippen molar-refractivity contribution in [1.29, 1.82) is 0 Å². The van der Waals surface area contributed by atoms with Crippen molar-refractivity contribution in [2.75, 3.05) is 7.11 Å². The predicted octanol–water partition coefficient (Wildman–Crippen LogP) is 3.80. The molecule has 29 heavy (non-hydrogen) atoms. The van der Waals surface area contributed by atoms with Crippen molar-refractivity contribution in [3.63, 3.8) is 0 Å². The molecule has 148 valence electrons. The maximum absolute atomic E-state index is 14.0. The minimum absolute atomic E-state index is 0.150. The standard InChI is InChI=1S/C21H19FN4O2S/c1-3-15-6-4-5-7-18(15)29-20-19-24-26(21(27)25(19)11-10-23-20)13-14-8-9-17(28-2)16(22)12-14/h4-12H,3,13H2,1-2H3. The maximum Gasteiger partial charge on any atom is 0.350 e. The molecule has 0 atom stereocenters.